The van der Waals surface area contributed by atoms with E-state index in [4.69, 9.17) is 4.74 Å². The van der Waals surface area contributed by atoms with Gasteiger partial charge in [-0.2, -0.15) is 26.3 Å². The third-order valence-electron chi connectivity index (χ3n) is 8.45. The molecule has 0 aromatic rings. The highest BCUT2D eigenvalue weighted by Gasteiger charge is 2.82. The van der Waals surface area contributed by atoms with Crippen LogP contribution in [-0.4, -0.2) is 23.6 Å². The zero-order valence-corrected chi connectivity index (χ0v) is 15.2. The monoisotopic (exact) mass is 384 g/mol. The number of ether oxygens (including phenoxy) is 1. The maximum atomic E-state index is 15.2. The van der Waals surface area contributed by atoms with Crippen LogP contribution in [0.2, 0.25) is 0 Å². The van der Waals surface area contributed by atoms with E-state index in [1.165, 1.54) is 0 Å². The van der Waals surface area contributed by atoms with Crippen LogP contribution < -0.4 is 0 Å². The summed E-state index contributed by atoms with van der Waals surface area (Å²) < 4.78 is 93.9. The zero-order chi connectivity index (χ0) is 19.3. The number of fused-ring (bicyclic) bond motifs is 6. The van der Waals surface area contributed by atoms with Gasteiger partial charge in [0.15, 0.2) is 0 Å². The summed E-state index contributed by atoms with van der Waals surface area (Å²) in [6.07, 6.45) is -2.76. The van der Waals surface area contributed by atoms with Crippen molar-refractivity contribution in [1.82, 2.24) is 0 Å². The van der Waals surface area contributed by atoms with Gasteiger partial charge < -0.3 is 4.74 Å². The molecule has 0 N–H and O–H groups in total. The number of halogens is 6. The minimum absolute atomic E-state index is 0.0323. The molecule has 0 aliphatic heterocycles. The van der Waals surface area contributed by atoms with Crippen molar-refractivity contribution in [3.8, 4) is 0 Å². The summed E-state index contributed by atoms with van der Waals surface area (Å²) in [5.74, 6) is -8.94. The molecule has 6 saturated carbocycles. The molecule has 6 aliphatic rings. The SMILES string of the molecule is CC12CCC(C(F)(F)OC34CCC(C)(CC3)C(F)(F)C4(F)F)(CC1)CC2. The van der Waals surface area contributed by atoms with E-state index in [1.54, 1.807) is 0 Å². The van der Waals surface area contributed by atoms with Crippen LogP contribution in [0, 0.1) is 16.2 Å². The van der Waals surface area contributed by atoms with Gasteiger partial charge in [-0.1, -0.05) is 13.8 Å². The Labute approximate surface area is 149 Å². The molecule has 0 aromatic heterocycles. The first-order chi connectivity index (χ1) is 11.7. The highest BCUT2D eigenvalue weighted by molar-refractivity contribution is 5.19. The number of alkyl halides is 6. The van der Waals surface area contributed by atoms with E-state index in [0.717, 1.165) is 6.92 Å². The van der Waals surface area contributed by atoms with Gasteiger partial charge in [-0.05, 0) is 69.6 Å². The van der Waals surface area contributed by atoms with Crippen molar-refractivity contribution >= 4 is 0 Å². The van der Waals surface area contributed by atoms with Gasteiger partial charge in [0.05, 0.1) is 5.41 Å². The smallest absolute Gasteiger partial charge is 0.307 e. The lowest BCUT2D eigenvalue weighted by atomic mass is 9.53. The first-order valence-electron chi connectivity index (χ1n) is 9.58. The fraction of sp³-hybridized carbons (Fsp3) is 1.00. The van der Waals surface area contributed by atoms with Gasteiger partial charge in [-0.15, -0.1) is 0 Å². The second-order valence-electron chi connectivity index (χ2n) is 9.91. The lowest BCUT2D eigenvalue weighted by Gasteiger charge is -2.62. The van der Waals surface area contributed by atoms with Gasteiger partial charge in [0.25, 0.3) is 0 Å². The Kier molecular flexibility index (Phi) is 3.58. The summed E-state index contributed by atoms with van der Waals surface area (Å²) >= 11 is 0. The molecule has 0 heterocycles. The van der Waals surface area contributed by atoms with E-state index in [1.807, 2.05) is 0 Å². The average Bonchev–Trinajstić information content (AvgIpc) is 2.56. The molecule has 0 aromatic carbocycles. The van der Waals surface area contributed by atoms with E-state index in [9.17, 15) is 17.6 Å². The minimum Gasteiger partial charge on any atom is -0.307 e. The van der Waals surface area contributed by atoms with Crippen LogP contribution in [0.25, 0.3) is 0 Å². The molecule has 26 heavy (non-hydrogen) atoms. The first-order valence-corrected chi connectivity index (χ1v) is 9.58. The Balaban J connectivity index is 1.66. The lowest BCUT2D eigenvalue weighted by molar-refractivity contribution is -0.452. The van der Waals surface area contributed by atoms with Crippen molar-refractivity contribution in [2.45, 2.75) is 102 Å². The second-order valence-corrected chi connectivity index (χ2v) is 9.91. The fourth-order valence-corrected chi connectivity index (χ4v) is 5.83. The van der Waals surface area contributed by atoms with E-state index in [0.29, 0.717) is 19.3 Å². The normalized spacial score (nSPS) is 49.4. The summed E-state index contributed by atoms with van der Waals surface area (Å²) in [6, 6.07) is 0. The van der Waals surface area contributed by atoms with Crippen LogP contribution >= 0.6 is 0 Å². The molecule has 6 fully saturated rings. The van der Waals surface area contributed by atoms with E-state index in [2.05, 4.69) is 6.92 Å². The van der Waals surface area contributed by atoms with Gasteiger partial charge in [-0.25, -0.2) is 0 Å². The summed E-state index contributed by atoms with van der Waals surface area (Å²) in [6.45, 7) is 3.19. The molecule has 0 unspecified atom stereocenters. The number of hydrogen-bond acceptors (Lipinski definition) is 1. The molecule has 6 aliphatic carbocycles. The quantitative estimate of drug-likeness (QED) is 0.501. The maximum absolute atomic E-state index is 15.2. The van der Waals surface area contributed by atoms with E-state index >= 15 is 8.78 Å². The molecule has 0 atom stereocenters. The molecule has 0 amide bonds. The van der Waals surface area contributed by atoms with E-state index in [-0.39, 0.29) is 37.5 Å². The Hall–Kier alpha value is -0.460. The molecule has 150 valence electrons. The number of rotatable bonds is 3. The van der Waals surface area contributed by atoms with Gasteiger partial charge >= 0.3 is 18.0 Å². The molecule has 0 radical (unpaired) electrons. The molecular weight excluding hydrogens is 358 g/mol. The lowest BCUT2D eigenvalue weighted by Crippen LogP contribution is -2.74. The number of hydrogen-bond donors (Lipinski definition) is 0. The molecular formula is C19H26F6O. The fourth-order valence-electron chi connectivity index (χ4n) is 5.83. The van der Waals surface area contributed by atoms with Gasteiger partial charge in [-0.3, -0.25) is 0 Å². The van der Waals surface area contributed by atoms with Gasteiger partial charge in [0, 0.05) is 5.41 Å². The van der Waals surface area contributed by atoms with E-state index < -0.39 is 47.2 Å². The van der Waals surface area contributed by atoms with Crippen LogP contribution in [0.5, 0.6) is 0 Å². The Morgan fingerprint density at radius 1 is 0.654 bits per heavy atom. The largest absolute Gasteiger partial charge is 0.362 e. The van der Waals surface area contributed by atoms with Crippen molar-refractivity contribution in [3.05, 3.63) is 0 Å². The molecule has 1 nitrogen and oxygen atoms in total. The Morgan fingerprint density at radius 2 is 1.12 bits per heavy atom. The van der Waals surface area contributed by atoms with Crippen LogP contribution in [-0.2, 0) is 4.74 Å². The van der Waals surface area contributed by atoms with Gasteiger partial charge in [0.2, 0.25) is 0 Å². The third kappa shape index (κ3) is 2.04. The van der Waals surface area contributed by atoms with Crippen molar-refractivity contribution in [3.63, 3.8) is 0 Å². The minimum atomic E-state index is -4.59. The zero-order valence-electron chi connectivity index (χ0n) is 15.2. The molecule has 0 saturated heterocycles. The average molecular weight is 384 g/mol. The van der Waals surface area contributed by atoms with Crippen LogP contribution in [0.15, 0.2) is 0 Å². The highest BCUT2D eigenvalue weighted by atomic mass is 19.3. The maximum Gasteiger partial charge on any atom is 0.362 e. The van der Waals surface area contributed by atoms with Crippen molar-refractivity contribution in [1.29, 1.82) is 0 Å². The van der Waals surface area contributed by atoms with Crippen LogP contribution in [0.1, 0.15) is 78.1 Å². The predicted octanol–water partition coefficient (Wildman–Crippen LogP) is 6.56. The summed E-state index contributed by atoms with van der Waals surface area (Å²) in [5, 5.41) is 0. The summed E-state index contributed by atoms with van der Waals surface area (Å²) in [4.78, 5) is 0. The predicted molar refractivity (Wildman–Crippen MR) is 83.5 cm³/mol. The first kappa shape index (κ1) is 18.9. The Morgan fingerprint density at radius 3 is 1.58 bits per heavy atom. The summed E-state index contributed by atoms with van der Waals surface area (Å²) in [7, 11) is 0. The molecule has 4 bridgehead atoms. The topological polar surface area (TPSA) is 9.23 Å². The molecule has 7 heteroatoms. The van der Waals surface area contributed by atoms with Gasteiger partial charge in [0.1, 0.15) is 5.60 Å². The third-order valence-corrected chi connectivity index (χ3v) is 8.45. The second kappa shape index (κ2) is 4.93. The van der Waals surface area contributed by atoms with Crippen molar-refractivity contribution < 1.29 is 31.1 Å². The Bertz CT molecular complexity index is 581. The van der Waals surface area contributed by atoms with Crippen LogP contribution in [0.3, 0.4) is 0 Å². The van der Waals surface area contributed by atoms with Crippen molar-refractivity contribution in [2.75, 3.05) is 0 Å². The van der Waals surface area contributed by atoms with Crippen molar-refractivity contribution in [2.24, 2.45) is 16.2 Å². The molecule has 0 spiro atoms. The van der Waals surface area contributed by atoms with Crippen LogP contribution in [0.4, 0.5) is 26.3 Å². The highest BCUT2D eigenvalue weighted by Crippen LogP contribution is 2.70. The standard InChI is InChI=1S/C19H26F6O/c1-13-3-8-15(9-4-13,10-5-13)19(24,25)26-16-11-6-14(2,7-12-16)17(20,21)18(16,22)23/h3-12H2,1-2H3. The summed E-state index contributed by atoms with van der Waals surface area (Å²) in [5.41, 5.74) is -6.09. The molecule has 6 rings (SSSR count).